The van der Waals surface area contributed by atoms with Gasteiger partial charge >= 0.3 is 0 Å². The fourth-order valence-electron chi connectivity index (χ4n) is 4.33. The van der Waals surface area contributed by atoms with Crippen molar-refractivity contribution in [2.45, 2.75) is 25.7 Å². The number of rotatable bonds is 5. The van der Waals surface area contributed by atoms with Crippen molar-refractivity contribution in [2.75, 3.05) is 19.6 Å². The maximum atomic E-state index is 12.9. The third-order valence-corrected chi connectivity index (χ3v) is 6.41. The van der Waals surface area contributed by atoms with Crippen molar-refractivity contribution in [3.05, 3.63) is 70.9 Å². The first kappa shape index (κ1) is 20.5. The van der Waals surface area contributed by atoms with Gasteiger partial charge in [0.15, 0.2) is 0 Å². The van der Waals surface area contributed by atoms with Crippen LogP contribution in [0.1, 0.15) is 36.8 Å². The maximum Gasteiger partial charge on any atom is 0.223 e. The smallest absolute Gasteiger partial charge is 0.223 e. The van der Waals surface area contributed by atoms with E-state index in [0.717, 1.165) is 22.0 Å². The van der Waals surface area contributed by atoms with E-state index in [0.29, 0.717) is 37.5 Å². The molecule has 156 valence electrons. The molecule has 0 unspecified atom stereocenters. The Balaban J connectivity index is 1.54. The van der Waals surface area contributed by atoms with E-state index in [1.54, 1.807) is 6.92 Å². The quantitative estimate of drug-likeness (QED) is 0.641. The van der Waals surface area contributed by atoms with E-state index >= 15 is 0 Å². The largest absolute Gasteiger partial charge is 0.361 e. The minimum atomic E-state index is -0.0598. The van der Waals surface area contributed by atoms with Gasteiger partial charge in [0.05, 0.1) is 0 Å². The lowest BCUT2D eigenvalue weighted by Crippen LogP contribution is -2.43. The molecule has 5 nitrogen and oxygen atoms in total. The third-order valence-electron chi connectivity index (χ3n) is 6.07. The Bertz CT molecular complexity index is 1050. The average molecular weight is 424 g/mol. The SMILES string of the molecule is CC(=O)N1CCC(C(=O)NC[C@@H](c2ccccc2Cl)c2c[nH]c3ccccc23)CC1. The monoisotopic (exact) mass is 423 g/mol. The lowest BCUT2D eigenvalue weighted by molar-refractivity contribution is -0.133. The summed E-state index contributed by atoms with van der Waals surface area (Å²) in [6.07, 6.45) is 3.42. The number of piperidine rings is 1. The van der Waals surface area contributed by atoms with Gasteiger partial charge in [0.25, 0.3) is 0 Å². The molecule has 1 aliphatic heterocycles. The van der Waals surface area contributed by atoms with Gasteiger partial charge in [-0.15, -0.1) is 0 Å². The number of benzene rings is 2. The molecule has 0 spiro atoms. The van der Waals surface area contributed by atoms with Gasteiger partial charge in [0.1, 0.15) is 0 Å². The highest BCUT2D eigenvalue weighted by molar-refractivity contribution is 6.31. The van der Waals surface area contributed by atoms with Crippen LogP contribution in [0, 0.1) is 5.92 Å². The van der Waals surface area contributed by atoms with Gasteiger partial charge in [0.2, 0.25) is 11.8 Å². The molecule has 0 radical (unpaired) electrons. The number of carbonyl (C=O) groups excluding carboxylic acids is 2. The summed E-state index contributed by atoms with van der Waals surface area (Å²) in [6, 6.07) is 16.0. The summed E-state index contributed by atoms with van der Waals surface area (Å²) < 4.78 is 0. The number of nitrogens with one attached hydrogen (secondary N) is 2. The topological polar surface area (TPSA) is 65.2 Å². The molecule has 2 aromatic carbocycles. The average Bonchev–Trinajstić information content (AvgIpc) is 3.19. The summed E-state index contributed by atoms with van der Waals surface area (Å²) in [6.45, 7) is 3.33. The molecule has 0 aliphatic carbocycles. The number of aromatic nitrogens is 1. The highest BCUT2D eigenvalue weighted by atomic mass is 35.5. The Morgan fingerprint density at radius 1 is 1.10 bits per heavy atom. The Morgan fingerprint density at radius 3 is 2.53 bits per heavy atom. The maximum absolute atomic E-state index is 12.9. The summed E-state index contributed by atoms with van der Waals surface area (Å²) in [7, 11) is 0. The van der Waals surface area contributed by atoms with Crippen LogP contribution in [0.3, 0.4) is 0 Å². The van der Waals surface area contributed by atoms with Crippen LogP contribution in [0.2, 0.25) is 5.02 Å². The molecule has 0 saturated carbocycles. The predicted molar refractivity (Wildman–Crippen MR) is 120 cm³/mol. The standard InChI is InChI=1S/C24H26ClN3O2/c1-16(29)28-12-10-17(11-13-28)24(30)27-15-20(18-6-2-4-8-22(18)25)21-14-26-23-9-5-3-7-19(21)23/h2-9,14,17,20,26H,10-13,15H2,1H3,(H,27,30)/t20-/m0/s1. The molecule has 30 heavy (non-hydrogen) atoms. The number of fused-ring (bicyclic) bond motifs is 1. The minimum Gasteiger partial charge on any atom is -0.361 e. The first-order valence-electron chi connectivity index (χ1n) is 10.4. The van der Waals surface area contributed by atoms with Crippen molar-refractivity contribution in [2.24, 2.45) is 5.92 Å². The molecule has 3 aromatic rings. The van der Waals surface area contributed by atoms with E-state index in [1.807, 2.05) is 53.6 Å². The van der Waals surface area contributed by atoms with Gasteiger partial charge in [-0.2, -0.15) is 0 Å². The first-order valence-corrected chi connectivity index (χ1v) is 10.8. The molecule has 1 aromatic heterocycles. The molecule has 4 rings (SSSR count). The second kappa shape index (κ2) is 8.92. The van der Waals surface area contributed by atoms with Crippen LogP contribution < -0.4 is 5.32 Å². The van der Waals surface area contributed by atoms with E-state index in [-0.39, 0.29) is 23.7 Å². The van der Waals surface area contributed by atoms with E-state index in [9.17, 15) is 9.59 Å². The van der Waals surface area contributed by atoms with Crippen molar-refractivity contribution in [1.29, 1.82) is 0 Å². The third kappa shape index (κ3) is 4.21. The van der Waals surface area contributed by atoms with Gasteiger partial charge in [-0.25, -0.2) is 0 Å². The zero-order valence-electron chi connectivity index (χ0n) is 17.0. The molecule has 1 saturated heterocycles. The number of amides is 2. The van der Waals surface area contributed by atoms with Crippen LogP contribution in [-0.2, 0) is 9.59 Å². The number of nitrogens with zero attached hydrogens (tertiary/aromatic N) is 1. The van der Waals surface area contributed by atoms with Gasteiger partial charge in [0, 0.05) is 60.5 Å². The summed E-state index contributed by atoms with van der Waals surface area (Å²) in [5.74, 6) is 0.00801. The van der Waals surface area contributed by atoms with Crippen molar-refractivity contribution in [3.63, 3.8) is 0 Å². The summed E-state index contributed by atoms with van der Waals surface area (Å²) in [5, 5.41) is 4.98. The summed E-state index contributed by atoms with van der Waals surface area (Å²) in [5.41, 5.74) is 3.17. The van der Waals surface area contributed by atoms with E-state index < -0.39 is 0 Å². The first-order chi connectivity index (χ1) is 14.5. The van der Waals surface area contributed by atoms with Crippen LogP contribution in [-0.4, -0.2) is 41.3 Å². The second-order valence-electron chi connectivity index (χ2n) is 7.89. The van der Waals surface area contributed by atoms with Crippen LogP contribution in [0.5, 0.6) is 0 Å². The number of para-hydroxylation sites is 1. The highest BCUT2D eigenvalue weighted by Crippen LogP contribution is 2.34. The summed E-state index contributed by atoms with van der Waals surface area (Å²) >= 11 is 6.54. The molecule has 1 aliphatic rings. The summed E-state index contributed by atoms with van der Waals surface area (Å²) in [4.78, 5) is 29.5. The Morgan fingerprint density at radius 2 is 1.80 bits per heavy atom. The van der Waals surface area contributed by atoms with Crippen molar-refractivity contribution < 1.29 is 9.59 Å². The normalized spacial score (nSPS) is 15.9. The molecule has 0 bridgehead atoms. The molecular formula is C24H26ClN3O2. The van der Waals surface area contributed by atoms with Crippen LogP contribution in [0.4, 0.5) is 0 Å². The molecule has 1 atom stereocenters. The van der Waals surface area contributed by atoms with E-state index in [4.69, 9.17) is 11.6 Å². The number of likely N-dealkylation sites (tertiary alicyclic amines) is 1. The highest BCUT2D eigenvalue weighted by Gasteiger charge is 2.27. The van der Waals surface area contributed by atoms with Crippen LogP contribution in [0.25, 0.3) is 10.9 Å². The number of H-pyrrole nitrogens is 1. The van der Waals surface area contributed by atoms with Gasteiger partial charge in [-0.1, -0.05) is 48.0 Å². The van der Waals surface area contributed by atoms with Crippen molar-refractivity contribution >= 4 is 34.3 Å². The predicted octanol–water partition coefficient (Wildman–Crippen LogP) is 4.33. The minimum absolute atomic E-state index is 0.0510. The van der Waals surface area contributed by atoms with E-state index in [1.165, 1.54) is 0 Å². The second-order valence-corrected chi connectivity index (χ2v) is 8.30. The molecule has 2 heterocycles. The molecular weight excluding hydrogens is 398 g/mol. The lowest BCUT2D eigenvalue weighted by atomic mass is 9.90. The van der Waals surface area contributed by atoms with Gasteiger partial charge in [-0.3, -0.25) is 9.59 Å². The molecule has 6 heteroatoms. The molecule has 2 N–H and O–H groups in total. The van der Waals surface area contributed by atoms with E-state index in [2.05, 4.69) is 16.4 Å². The van der Waals surface area contributed by atoms with Crippen molar-refractivity contribution in [1.82, 2.24) is 15.2 Å². The van der Waals surface area contributed by atoms with Crippen molar-refractivity contribution in [3.8, 4) is 0 Å². The van der Waals surface area contributed by atoms with Gasteiger partial charge in [-0.05, 0) is 36.1 Å². The van der Waals surface area contributed by atoms with Gasteiger partial charge < -0.3 is 15.2 Å². The Labute approximate surface area is 181 Å². The fraction of sp³-hybridized carbons (Fsp3) is 0.333. The number of hydrogen-bond acceptors (Lipinski definition) is 2. The number of aromatic amines is 1. The number of carbonyl (C=O) groups is 2. The zero-order valence-corrected chi connectivity index (χ0v) is 17.8. The van der Waals surface area contributed by atoms with Crippen LogP contribution >= 0.6 is 11.6 Å². The Kier molecular flexibility index (Phi) is 6.09. The zero-order chi connectivity index (χ0) is 21.1. The fourth-order valence-corrected chi connectivity index (χ4v) is 4.60. The molecule has 1 fully saturated rings. The lowest BCUT2D eigenvalue weighted by Gasteiger charge is -2.31. The number of halogens is 1. The van der Waals surface area contributed by atoms with Crippen LogP contribution in [0.15, 0.2) is 54.7 Å². The molecule has 2 amide bonds. The number of hydrogen-bond donors (Lipinski definition) is 2. The Hall–Kier alpha value is -2.79.